The van der Waals surface area contributed by atoms with Crippen LogP contribution in [0.4, 0.5) is 0 Å². The maximum atomic E-state index is 13.4. The van der Waals surface area contributed by atoms with Crippen molar-refractivity contribution in [2.45, 2.75) is 50.6 Å². The van der Waals surface area contributed by atoms with Crippen LogP contribution >= 0.6 is 0 Å². The van der Waals surface area contributed by atoms with Crippen molar-refractivity contribution in [2.24, 2.45) is 11.7 Å². The lowest BCUT2D eigenvalue weighted by Crippen LogP contribution is -2.47. The van der Waals surface area contributed by atoms with E-state index in [2.05, 4.69) is 52.7 Å². The maximum Gasteiger partial charge on any atom is 0.253 e. The van der Waals surface area contributed by atoms with Gasteiger partial charge in [0.1, 0.15) is 29.6 Å². The predicted molar refractivity (Wildman–Crippen MR) is 145 cm³/mol. The Morgan fingerprint density at radius 2 is 1.54 bits per heavy atom. The lowest BCUT2D eigenvalue weighted by atomic mass is 9.64. The third-order valence-corrected chi connectivity index (χ3v) is 8.01. The van der Waals surface area contributed by atoms with E-state index in [1.807, 2.05) is 66.7 Å². The number of imidazole rings is 1. The first kappa shape index (κ1) is 24.8. The largest absolute Gasteiger partial charge is 0.493 e. The van der Waals surface area contributed by atoms with E-state index < -0.39 is 5.41 Å². The number of hydrogen-bond acceptors (Lipinski definition) is 2. The quantitative estimate of drug-likeness (QED) is 0.238. The Hall–Kier alpha value is -3.86. The van der Waals surface area contributed by atoms with Crippen LogP contribution in [0.25, 0.3) is 0 Å². The standard InChI is InChI=1S/C32H35N3O2/c1-25-34(20-11-23-37-30-16-9-4-10-17-30)21-22-35(25)29-19-18-28(24-29)32(31(33)36,26-12-5-2-6-13-26)27-14-7-3-8-15-27/h2-10,12-17,21-22,28-29H,11,18-20,23-24H2,1H3,(H-,33,36)/p+1/t28-,29+/m0/s1. The van der Waals surface area contributed by atoms with Crippen LogP contribution in [0.5, 0.6) is 5.75 Å². The molecule has 1 aromatic heterocycles. The van der Waals surface area contributed by atoms with Gasteiger partial charge in [0.15, 0.2) is 0 Å². The molecule has 5 rings (SSSR count). The Labute approximate surface area is 219 Å². The smallest absolute Gasteiger partial charge is 0.253 e. The van der Waals surface area contributed by atoms with Gasteiger partial charge >= 0.3 is 0 Å². The number of nitrogens with zero attached hydrogens (tertiary/aromatic N) is 2. The Morgan fingerprint density at radius 3 is 2.14 bits per heavy atom. The number of amides is 1. The molecule has 4 aromatic rings. The van der Waals surface area contributed by atoms with Crippen molar-refractivity contribution >= 4 is 5.91 Å². The van der Waals surface area contributed by atoms with Gasteiger partial charge < -0.3 is 10.5 Å². The van der Waals surface area contributed by atoms with Gasteiger partial charge in [0.25, 0.3) is 5.82 Å². The highest BCUT2D eigenvalue weighted by Gasteiger charge is 2.51. The van der Waals surface area contributed by atoms with Crippen molar-refractivity contribution in [3.05, 3.63) is 120 Å². The molecular formula is C32H36N3O2+. The Kier molecular flexibility index (Phi) is 7.40. The molecule has 0 saturated heterocycles. The van der Waals surface area contributed by atoms with Crippen molar-refractivity contribution in [3.63, 3.8) is 0 Å². The molecular weight excluding hydrogens is 458 g/mol. The van der Waals surface area contributed by atoms with Gasteiger partial charge in [-0.2, -0.15) is 0 Å². The minimum atomic E-state index is -0.844. The third kappa shape index (κ3) is 4.91. The minimum absolute atomic E-state index is 0.120. The van der Waals surface area contributed by atoms with Crippen LogP contribution in [0.2, 0.25) is 0 Å². The minimum Gasteiger partial charge on any atom is -0.493 e. The molecule has 0 aliphatic heterocycles. The van der Waals surface area contributed by atoms with Gasteiger partial charge in [0.2, 0.25) is 5.91 Å². The fraction of sp³-hybridized carbons (Fsp3) is 0.312. The van der Waals surface area contributed by atoms with E-state index in [1.54, 1.807) is 0 Å². The second-order valence-electron chi connectivity index (χ2n) is 10.0. The molecule has 1 fully saturated rings. The van der Waals surface area contributed by atoms with Gasteiger partial charge in [-0.25, -0.2) is 9.13 Å². The van der Waals surface area contributed by atoms with Crippen molar-refractivity contribution in [3.8, 4) is 5.75 Å². The summed E-state index contributed by atoms with van der Waals surface area (Å²) >= 11 is 0. The number of nitrogens with two attached hydrogens (primary N) is 1. The van der Waals surface area contributed by atoms with Crippen LogP contribution in [0.15, 0.2) is 103 Å². The van der Waals surface area contributed by atoms with Gasteiger partial charge in [-0.05, 0) is 48.4 Å². The zero-order valence-electron chi connectivity index (χ0n) is 21.5. The van der Waals surface area contributed by atoms with E-state index in [0.29, 0.717) is 12.6 Å². The molecule has 37 heavy (non-hydrogen) atoms. The van der Waals surface area contributed by atoms with E-state index >= 15 is 0 Å². The number of ether oxygens (including phenoxy) is 1. The summed E-state index contributed by atoms with van der Waals surface area (Å²) in [6, 6.07) is 30.5. The lowest BCUT2D eigenvalue weighted by molar-refractivity contribution is -0.703. The maximum absolute atomic E-state index is 13.4. The first-order valence-electron chi connectivity index (χ1n) is 13.3. The van der Waals surface area contributed by atoms with Crippen molar-refractivity contribution in [2.75, 3.05) is 6.61 Å². The molecule has 5 nitrogen and oxygen atoms in total. The molecule has 0 unspecified atom stereocenters. The average molecular weight is 495 g/mol. The normalized spacial score (nSPS) is 17.5. The first-order chi connectivity index (χ1) is 18.1. The van der Waals surface area contributed by atoms with Gasteiger partial charge in [0, 0.05) is 13.3 Å². The van der Waals surface area contributed by atoms with E-state index in [-0.39, 0.29) is 11.8 Å². The van der Waals surface area contributed by atoms with Crippen LogP contribution < -0.4 is 15.0 Å². The monoisotopic (exact) mass is 494 g/mol. The number of carbonyl (C=O) groups is 1. The van der Waals surface area contributed by atoms with E-state index in [1.165, 1.54) is 5.82 Å². The molecule has 0 spiro atoms. The van der Waals surface area contributed by atoms with Crippen LogP contribution in [0.1, 0.15) is 48.7 Å². The summed E-state index contributed by atoms with van der Waals surface area (Å²) in [5, 5.41) is 0. The lowest BCUT2D eigenvalue weighted by Gasteiger charge is -2.37. The van der Waals surface area contributed by atoms with Crippen LogP contribution in [0, 0.1) is 12.8 Å². The van der Waals surface area contributed by atoms with Crippen molar-refractivity contribution in [1.29, 1.82) is 0 Å². The van der Waals surface area contributed by atoms with Crippen LogP contribution in [-0.2, 0) is 16.8 Å². The molecule has 5 heteroatoms. The molecule has 1 heterocycles. The summed E-state index contributed by atoms with van der Waals surface area (Å²) in [5.74, 6) is 1.99. The molecule has 1 aliphatic rings. The molecule has 2 N–H and O–H groups in total. The topological polar surface area (TPSA) is 61.1 Å². The summed E-state index contributed by atoms with van der Waals surface area (Å²) in [7, 11) is 0. The number of aryl methyl sites for hydroxylation is 1. The zero-order chi connectivity index (χ0) is 25.7. The molecule has 0 bridgehead atoms. The number of rotatable bonds is 10. The van der Waals surface area contributed by atoms with Gasteiger partial charge in [-0.1, -0.05) is 78.9 Å². The molecule has 1 amide bonds. The number of aromatic nitrogens is 2. The average Bonchev–Trinajstić information content (AvgIpc) is 3.56. The van der Waals surface area contributed by atoms with E-state index in [0.717, 1.165) is 49.1 Å². The molecule has 3 aromatic carbocycles. The number of carbonyl (C=O) groups excluding carboxylic acids is 1. The number of benzene rings is 3. The molecule has 190 valence electrons. The Bertz CT molecular complexity index is 1260. The fourth-order valence-corrected chi connectivity index (χ4v) is 6.21. The van der Waals surface area contributed by atoms with Crippen LogP contribution in [0.3, 0.4) is 0 Å². The zero-order valence-corrected chi connectivity index (χ0v) is 21.5. The molecule has 1 saturated carbocycles. The molecule has 2 atom stereocenters. The highest BCUT2D eigenvalue weighted by atomic mass is 16.5. The van der Waals surface area contributed by atoms with Gasteiger partial charge in [0.05, 0.1) is 13.2 Å². The SMILES string of the molecule is Cc1n([C@@H]2CC[C@H](C(C(N)=O)(c3ccccc3)c3ccccc3)C2)cc[n+]1CCCOc1ccccc1. The van der Waals surface area contributed by atoms with Crippen molar-refractivity contribution < 1.29 is 14.1 Å². The fourth-order valence-electron chi connectivity index (χ4n) is 6.21. The second kappa shape index (κ2) is 11.0. The predicted octanol–water partition coefficient (Wildman–Crippen LogP) is 5.37. The molecule has 1 aliphatic carbocycles. The summed E-state index contributed by atoms with van der Waals surface area (Å²) in [6.07, 6.45) is 8.16. The number of hydrogen-bond donors (Lipinski definition) is 1. The Balaban J connectivity index is 1.33. The van der Waals surface area contributed by atoms with E-state index in [9.17, 15) is 4.79 Å². The molecule has 0 radical (unpaired) electrons. The second-order valence-corrected chi connectivity index (χ2v) is 10.0. The summed E-state index contributed by atoms with van der Waals surface area (Å²) in [6.45, 7) is 3.77. The third-order valence-electron chi connectivity index (χ3n) is 8.01. The highest BCUT2D eigenvalue weighted by molar-refractivity contribution is 5.91. The van der Waals surface area contributed by atoms with Crippen molar-refractivity contribution in [1.82, 2.24) is 4.57 Å². The summed E-state index contributed by atoms with van der Waals surface area (Å²) in [4.78, 5) is 13.4. The number of primary amides is 1. The first-order valence-corrected chi connectivity index (χ1v) is 13.3. The Morgan fingerprint density at radius 1 is 0.946 bits per heavy atom. The van der Waals surface area contributed by atoms with Crippen LogP contribution in [-0.4, -0.2) is 17.1 Å². The van der Waals surface area contributed by atoms with E-state index in [4.69, 9.17) is 10.5 Å². The number of para-hydroxylation sites is 1. The highest BCUT2D eigenvalue weighted by Crippen LogP contribution is 2.49. The summed E-state index contributed by atoms with van der Waals surface area (Å²) in [5.41, 5.74) is 7.40. The van der Waals surface area contributed by atoms with Gasteiger partial charge in [-0.15, -0.1) is 0 Å². The van der Waals surface area contributed by atoms with Gasteiger partial charge in [-0.3, -0.25) is 4.79 Å². The summed E-state index contributed by atoms with van der Waals surface area (Å²) < 4.78 is 10.6.